The Labute approximate surface area is 116 Å². The summed E-state index contributed by atoms with van der Waals surface area (Å²) < 4.78 is 0. The van der Waals surface area contributed by atoms with Gasteiger partial charge in [-0.25, -0.2) is 0 Å². The van der Waals surface area contributed by atoms with Gasteiger partial charge in [-0.1, -0.05) is 0 Å². The first-order chi connectivity index (χ1) is 8.88. The van der Waals surface area contributed by atoms with Crippen molar-refractivity contribution in [2.75, 3.05) is 26.7 Å². The molecule has 2 aliphatic heterocycles. The van der Waals surface area contributed by atoms with Crippen LogP contribution >= 0.6 is 0 Å². The first-order valence-electron chi connectivity index (χ1n) is 7.55. The molecule has 1 N–H and O–H groups in total. The monoisotopic (exact) mass is 268 g/mol. The van der Waals surface area contributed by atoms with E-state index in [9.17, 15) is 9.90 Å². The summed E-state index contributed by atoms with van der Waals surface area (Å²) in [4.78, 5) is 16.5. The molecule has 0 bridgehead atoms. The molecule has 2 heterocycles. The van der Waals surface area contributed by atoms with Crippen LogP contribution in [0.3, 0.4) is 0 Å². The van der Waals surface area contributed by atoms with Crippen LogP contribution in [-0.4, -0.2) is 59.1 Å². The van der Waals surface area contributed by atoms with E-state index in [2.05, 4.69) is 11.9 Å². The van der Waals surface area contributed by atoms with Crippen LogP contribution in [0.4, 0.5) is 0 Å². The number of likely N-dealkylation sites (tertiary alicyclic amines) is 2. The Balaban J connectivity index is 1.72. The lowest BCUT2D eigenvalue weighted by Gasteiger charge is -2.31. The highest BCUT2D eigenvalue weighted by Crippen LogP contribution is 2.30. The molecule has 2 unspecified atom stereocenters. The Bertz CT molecular complexity index is 330. The lowest BCUT2D eigenvalue weighted by Crippen LogP contribution is -2.42. The van der Waals surface area contributed by atoms with Crippen molar-refractivity contribution >= 4 is 5.91 Å². The van der Waals surface area contributed by atoms with Gasteiger partial charge in [0.15, 0.2) is 0 Å². The fourth-order valence-electron chi connectivity index (χ4n) is 3.59. The average Bonchev–Trinajstić information content (AvgIpc) is 2.81. The molecule has 0 spiro atoms. The second kappa shape index (κ2) is 5.80. The number of aliphatic hydroxyl groups is 1. The number of β-amino-alcohol motifs (C(OH)–C–C–N with tert-alkyl or cyclic N) is 1. The fraction of sp³-hybridized carbons (Fsp3) is 0.933. The third-order valence-corrected chi connectivity index (χ3v) is 4.65. The average molecular weight is 268 g/mol. The van der Waals surface area contributed by atoms with Gasteiger partial charge in [-0.2, -0.15) is 0 Å². The number of aliphatic hydroxyl groups excluding tert-OH is 1. The van der Waals surface area contributed by atoms with Gasteiger partial charge in [0.05, 0.1) is 6.10 Å². The molecule has 0 aromatic rings. The molecular formula is C15H28N2O2. The topological polar surface area (TPSA) is 43.8 Å². The molecule has 2 aliphatic rings. The van der Waals surface area contributed by atoms with E-state index in [0.717, 1.165) is 18.8 Å². The van der Waals surface area contributed by atoms with Gasteiger partial charge in [-0.05, 0) is 59.0 Å². The summed E-state index contributed by atoms with van der Waals surface area (Å²) in [6.45, 7) is 6.99. The molecule has 2 saturated heterocycles. The molecule has 2 rings (SSSR count). The predicted octanol–water partition coefficient (Wildman–Crippen LogP) is 1.48. The maximum atomic E-state index is 12.2. The summed E-state index contributed by atoms with van der Waals surface area (Å²) in [5, 5.41) is 9.71. The first kappa shape index (κ1) is 14.8. The molecule has 2 fully saturated rings. The zero-order valence-corrected chi connectivity index (χ0v) is 12.6. The van der Waals surface area contributed by atoms with Gasteiger partial charge in [0.1, 0.15) is 0 Å². The number of amides is 1. The quantitative estimate of drug-likeness (QED) is 0.840. The molecule has 19 heavy (non-hydrogen) atoms. The van der Waals surface area contributed by atoms with Crippen LogP contribution in [0, 0.1) is 5.92 Å². The normalized spacial score (nSPS) is 31.1. The zero-order chi connectivity index (χ0) is 14.0. The van der Waals surface area contributed by atoms with Crippen LogP contribution in [0.5, 0.6) is 0 Å². The molecule has 2 atom stereocenters. The van der Waals surface area contributed by atoms with Crippen molar-refractivity contribution in [3.8, 4) is 0 Å². The molecule has 0 saturated carbocycles. The van der Waals surface area contributed by atoms with E-state index in [1.165, 1.54) is 19.5 Å². The molecular weight excluding hydrogens is 240 g/mol. The largest absolute Gasteiger partial charge is 0.391 e. The minimum Gasteiger partial charge on any atom is -0.391 e. The lowest BCUT2D eigenvalue weighted by atomic mass is 9.99. The van der Waals surface area contributed by atoms with Gasteiger partial charge in [0.2, 0.25) is 5.91 Å². The highest BCUT2D eigenvalue weighted by atomic mass is 16.3. The maximum Gasteiger partial charge on any atom is 0.223 e. The number of hydrogen-bond donors (Lipinski definition) is 1. The van der Waals surface area contributed by atoms with E-state index in [1.807, 2.05) is 18.7 Å². The molecule has 0 aliphatic carbocycles. The molecule has 0 aromatic heterocycles. The van der Waals surface area contributed by atoms with Gasteiger partial charge in [0, 0.05) is 25.0 Å². The van der Waals surface area contributed by atoms with Gasteiger partial charge in [-0.15, -0.1) is 0 Å². The Kier molecular flexibility index (Phi) is 4.51. The van der Waals surface area contributed by atoms with Crippen LogP contribution in [0.2, 0.25) is 0 Å². The minimum atomic E-state index is -0.345. The van der Waals surface area contributed by atoms with E-state index in [0.29, 0.717) is 19.4 Å². The zero-order valence-electron chi connectivity index (χ0n) is 12.6. The van der Waals surface area contributed by atoms with Crippen molar-refractivity contribution < 1.29 is 9.90 Å². The fourth-order valence-corrected chi connectivity index (χ4v) is 3.59. The second-order valence-electron chi connectivity index (χ2n) is 6.98. The van der Waals surface area contributed by atoms with E-state index >= 15 is 0 Å². The van der Waals surface area contributed by atoms with Gasteiger partial charge >= 0.3 is 0 Å². The molecule has 0 radical (unpaired) electrons. The lowest BCUT2D eigenvalue weighted by molar-refractivity contribution is -0.134. The van der Waals surface area contributed by atoms with Gasteiger partial charge < -0.3 is 14.9 Å². The molecule has 0 aromatic carbocycles. The van der Waals surface area contributed by atoms with Crippen LogP contribution in [0.15, 0.2) is 0 Å². The van der Waals surface area contributed by atoms with Gasteiger partial charge in [-0.3, -0.25) is 4.79 Å². The molecule has 4 nitrogen and oxygen atoms in total. The van der Waals surface area contributed by atoms with Crippen LogP contribution in [0.25, 0.3) is 0 Å². The summed E-state index contributed by atoms with van der Waals surface area (Å²) in [6, 6.07) is 0. The van der Waals surface area contributed by atoms with Crippen LogP contribution in [0.1, 0.15) is 46.0 Å². The van der Waals surface area contributed by atoms with Crippen molar-refractivity contribution in [1.29, 1.82) is 0 Å². The van der Waals surface area contributed by atoms with E-state index in [4.69, 9.17) is 0 Å². The summed E-state index contributed by atoms with van der Waals surface area (Å²) >= 11 is 0. The third kappa shape index (κ3) is 3.69. The highest BCUT2D eigenvalue weighted by Gasteiger charge is 2.39. The summed E-state index contributed by atoms with van der Waals surface area (Å²) in [5.74, 6) is 0.989. The Morgan fingerprint density at radius 3 is 2.63 bits per heavy atom. The molecule has 4 heteroatoms. The summed E-state index contributed by atoms with van der Waals surface area (Å²) in [6.07, 6.45) is 4.41. The van der Waals surface area contributed by atoms with Crippen LogP contribution < -0.4 is 0 Å². The molecule has 110 valence electrons. The number of hydrogen-bond acceptors (Lipinski definition) is 3. The van der Waals surface area contributed by atoms with Crippen molar-refractivity contribution in [3.63, 3.8) is 0 Å². The SMILES string of the molecule is CN1CCC(CCCC(=O)N2CC(O)CC2(C)C)C1. The number of carbonyl (C=O) groups is 1. The van der Waals surface area contributed by atoms with E-state index in [-0.39, 0.29) is 17.6 Å². The summed E-state index contributed by atoms with van der Waals surface area (Å²) in [7, 11) is 2.17. The van der Waals surface area contributed by atoms with Gasteiger partial charge in [0.25, 0.3) is 0 Å². The van der Waals surface area contributed by atoms with Crippen molar-refractivity contribution in [2.45, 2.75) is 57.6 Å². The van der Waals surface area contributed by atoms with Crippen molar-refractivity contribution in [3.05, 3.63) is 0 Å². The van der Waals surface area contributed by atoms with E-state index < -0.39 is 0 Å². The van der Waals surface area contributed by atoms with Crippen molar-refractivity contribution in [2.24, 2.45) is 5.92 Å². The predicted molar refractivity (Wildman–Crippen MR) is 75.9 cm³/mol. The maximum absolute atomic E-state index is 12.2. The Morgan fingerprint density at radius 2 is 2.11 bits per heavy atom. The number of nitrogens with zero attached hydrogens (tertiary/aromatic N) is 2. The standard InChI is InChI=1S/C15H28N2O2/c1-15(2)9-13(18)11-17(15)14(19)6-4-5-12-7-8-16(3)10-12/h12-13,18H,4-11H2,1-3H3. The Morgan fingerprint density at radius 1 is 1.37 bits per heavy atom. The van der Waals surface area contributed by atoms with E-state index in [1.54, 1.807) is 0 Å². The number of rotatable bonds is 4. The summed E-state index contributed by atoms with van der Waals surface area (Å²) in [5.41, 5.74) is -0.177. The molecule has 1 amide bonds. The van der Waals surface area contributed by atoms with Crippen molar-refractivity contribution in [1.82, 2.24) is 9.80 Å². The third-order valence-electron chi connectivity index (χ3n) is 4.65. The van der Waals surface area contributed by atoms with Crippen LogP contribution in [-0.2, 0) is 4.79 Å². The minimum absolute atomic E-state index is 0.177. The Hall–Kier alpha value is -0.610. The first-order valence-corrected chi connectivity index (χ1v) is 7.55. The second-order valence-corrected chi connectivity index (χ2v) is 6.98. The number of carbonyl (C=O) groups excluding carboxylic acids is 1. The smallest absolute Gasteiger partial charge is 0.223 e. The highest BCUT2D eigenvalue weighted by molar-refractivity contribution is 5.77.